The Labute approximate surface area is 117 Å². The molecule has 3 N–H and O–H groups in total. The summed E-state index contributed by atoms with van der Waals surface area (Å²) in [5.41, 5.74) is -0.887. The second-order valence-electron chi connectivity index (χ2n) is 5.18. The van der Waals surface area contributed by atoms with Crippen molar-refractivity contribution in [3.05, 3.63) is 15.8 Å². The van der Waals surface area contributed by atoms with Crippen LogP contribution in [0.3, 0.4) is 0 Å². The number of nitrogens with zero attached hydrogens (tertiary/aromatic N) is 3. The van der Waals surface area contributed by atoms with Crippen LogP contribution in [-0.2, 0) is 0 Å². The average molecular weight is 283 g/mol. The molecule has 1 aromatic heterocycles. The van der Waals surface area contributed by atoms with Crippen molar-refractivity contribution in [2.24, 2.45) is 0 Å². The molecule has 1 heterocycles. The monoisotopic (exact) mass is 283 g/mol. The molecule has 0 aliphatic carbocycles. The van der Waals surface area contributed by atoms with Gasteiger partial charge in [-0.2, -0.15) is 4.98 Å². The summed E-state index contributed by atoms with van der Waals surface area (Å²) in [5, 5.41) is 26.6. The van der Waals surface area contributed by atoms with Crippen molar-refractivity contribution in [3.8, 4) is 0 Å². The van der Waals surface area contributed by atoms with Crippen molar-refractivity contribution >= 4 is 17.5 Å². The number of aliphatic hydroxyl groups is 1. The second-order valence-corrected chi connectivity index (χ2v) is 5.18. The zero-order chi connectivity index (χ0) is 15.3. The first-order valence-electron chi connectivity index (χ1n) is 6.47. The number of nitro groups is 1. The standard InChI is InChI=1S/C12H21N5O3/c1-5-6-13-11-15-8(2)9(17(19)20)10(16-11)14-7-12(3,4)18/h18H,5-7H2,1-4H3,(H2,13,14,15,16). The molecule has 0 bridgehead atoms. The number of anilines is 2. The first kappa shape index (κ1) is 16.1. The van der Waals surface area contributed by atoms with Gasteiger partial charge in [0, 0.05) is 13.1 Å². The van der Waals surface area contributed by atoms with E-state index in [0.29, 0.717) is 12.5 Å². The molecule has 0 aromatic carbocycles. The smallest absolute Gasteiger partial charge is 0.332 e. The third-order valence-electron chi connectivity index (χ3n) is 2.46. The minimum absolute atomic E-state index is 0.114. The van der Waals surface area contributed by atoms with Gasteiger partial charge in [-0.3, -0.25) is 10.1 Å². The van der Waals surface area contributed by atoms with Crippen molar-refractivity contribution in [1.82, 2.24) is 9.97 Å². The Morgan fingerprint density at radius 3 is 2.50 bits per heavy atom. The summed E-state index contributed by atoms with van der Waals surface area (Å²) in [6.45, 7) is 7.61. The van der Waals surface area contributed by atoms with E-state index in [1.54, 1.807) is 20.8 Å². The quantitative estimate of drug-likeness (QED) is 0.515. The molecule has 20 heavy (non-hydrogen) atoms. The maximum absolute atomic E-state index is 11.1. The van der Waals surface area contributed by atoms with Crippen LogP contribution >= 0.6 is 0 Å². The van der Waals surface area contributed by atoms with Crippen LogP contribution in [0.2, 0.25) is 0 Å². The molecular formula is C12H21N5O3. The molecule has 8 nitrogen and oxygen atoms in total. The van der Waals surface area contributed by atoms with E-state index in [0.717, 1.165) is 6.42 Å². The van der Waals surface area contributed by atoms with Gasteiger partial charge < -0.3 is 15.7 Å². The highest BCUT2D eigenvalue weighted by atomic mass is 16.6. The third kappa shape index (κ3) is 4.61. The van der Waals surface area contributed by atoms with Gasteiger partial charge in [0.2, 0.25) is 11.8 Å². The van der Waals surface area contributed by atoms with Gasteiger partial charge >= 0.3 is 5.69 Å². The van der Waals surface area contributed by atoms with E-state index in [9.17, 15) is 15.2 Å². The Morgan fingerprint density at radius 1 is 1.35 bits per heavy atom. The van der Waals surface area contributed by atoms with Crippen LogP contribution in [0.4, 0.5) is 17.5 Å². The summed E-state index contributed by atoms with van der Waals surface area (Å²) < 4.78 is 0. The van der Waals surface area contributed by atoms with Gasteiger partial charge in [-0.05, 0) is 27.2 Å². The molecule has 1 aromatic rings. The molecule has 8 heteroatoms. The fourth-order valence-electron chi connectivity index (χ4n) is 1.52. The van der Waals surface area contributed by atoms with Crippen LogP contribution in [-0.4, -0.2) is 38.7 Å². The molecule has 0 amide bonds. The Bertz CT molecular complexity index is 485. The van der Waals surface area contributed by atoms with Crippen LogP contribution in [0.15, 0.2) is 0 Å². The lowest BCUT2D eigenvalue weighted by molar-refractivity contribution is -0.385. The van der Waals surface area contributed by atoms with Gasteiger partial charge in [-0.15, -0.1) is 0 Å². The molecule has 0 fully saturated rings. The zero-order valence-corrected chi connectivity index (χ0v) is 12.2. The molecule has 0 spiro atoms. The number of aromatic nitrogens is 2. The number of nitrogens with one attached hydrogen (secondary N) is 2. The van der Waals surface area contributed by atoms with Crippen molar-refractivity contribution in [1.29, 1.82) is 0 Å². The largest absolute Gasteiger partial charge is 0.389 e. The molecule has 112 valence electrons. The molecular weight excluding hydrogens is 262 g/mol. The fourth-order valence-corrected chi connectivity index (χ4v) is 1.52. The molecule has 0 aliphatic heterocycles. The summed E-state index contributed by atoms with van der Waals surface area (Å²) in [4.78, 5) is 18.8. The van der Waals surface area contributed by atoms with Crippen molar-refractivity contribution in [2.45, 2.75) is 39.7 Å². The maximum Gasteiger partial charge on any atom is 0.332 e. The number of rotatable bonds is 7. The van der Waals surface area contributed by atoms with Gasteiger partial charge in [0.05, 0.1) is 10.5 Å². The first-order valence-corrected chi connectivity index (χ1v) is 6.47. The van der Waals surface area contributed by atoms with Crippen LogP contribution < -0.4 is 10.6 Å². The average Bonchev–Trinajstić information content (AvgIpc) is 2.31. The Kier molecular flexibility index (Phi) is 5.20. The molecule has 0 atom stereocenters. The predicted octanol–water partition coefficient (Wildman–Crippen LogP) is 1.70. The Morgan fingerprint density at radius 2 is 2.00 bits per heavy atom. The summed E-state index contributed by atoms with van der Waals surface area (Å²) in [7, 11) is 0. The highest BCUT2D eigenvalue weighted by Gasteiger charge is 2.23. The number of aryl methyl sites for hydroxylation is 1. The number of hydrogen-bond acceptors (Lipinski definition) is 7. The molecule has 0 radical (unpaired) electrons. The van der Waals surface area contributed by atoms with Gasteiger partial charge in [-0.1, -0.05) is 6.92 Å². The van der Waals surface area contributed by atoms with Crippen LogP contribution in [0.25, 0.3) is 0 Å². The Hall–Kier alpha value is -1.96. The van der Waals surface area contributed by atoms with Crippen molar-refractivity contribution < 1.29 is 10.0 Å². The normalized spacial score (nSPS) is 11.2. The van der Waals surface area contributed by atoms with Crippen LogP contribution in [0, 0.1) is 17.0 Å². The van der Waals surface area contributed by atoms with E-state index in [4.69, 9.17) is 0 Å². The summed E-state index contributed by atoms with van der Waals surface area (Å²) >= 11 is 0. The minimum atomic E-state index is -0.996. The van der Waals surface area contributed by atoms with Gasteiger partial charge in [0.25, 0.3) is 0 Å². The highest BCUT2D eigenvalue weighted by Crippen LogP contribution is 2.26. The maximum atomic E-state index is 11.1. The van der Waals surface area contributed by atoms with E-state index in [-0.39, 0.29) is 23.7 Å². The molecule has 0 aliphatic rings. The van der Waals surface area contributed by atoms with Gasteiger partial charge in [0.1, 0.15) is 5.69 Å². The van der Waals surface area contributed by atoms with Crippen LogP contribution in [0.1, 0.15) is 32.9 Å². The first-order chi connectivity index (χ1) is 9.24. The molecule has 0 unspecified atom stereocenters. The number of hydrogen-bond donors (Lipinski definition) is 3. The molecule has 0 saturated carbocycles. The highest BCUT2D eigenvalue weighted by molar-refractivity contribution is 5.60. The van der Waals surface area contributed by atoms with Crippen molar-refractivity contribution in [2.75, 3.05) is 23.7 Å². The summed E-state index contributed by atoms with van der Waals surface area (Å²) in [5.74, 6) is 0.455. The predicted molar refractivity (Wildman–Crippen MR) is 77.0 cm³/mol. The van der Waals surface area contributed by atoms with Gasteiger partial charge in [-0.25, -0.2) is 4.98 Å². The zero-order valence-electron chi connectivity index (χ0n) is 12.2. The van der Waals surface area contributed by atoms with E-state index in [2.05, 4.69) is 20.6 Å². The lowest BCUT2D eigenvalue weighted by Crippen LogP contribution is -2.30. The third-order valence-corrected chi connectivity index (χ3v) is 2.46. The topological polar surface area (TPSA) is 113 Å². The van der Waals surface area contributed by atoms with E-state index in [1.165, 1.54) is 0 Å². The fraction of sp³-hybridized carbons (Fsp3) is 0.667. The Balaban J connectivity index is 3.08. The van der Waals surface area contributed by atoms with Gasteiger partial charge in [0.15, 0.2) is 0 Å². The lowest BCUT2D eigenvalue weighted by Gasteiger charge is -2.18. The molecule has 0 saturated heterocycles. The summed E-state index contributed by atoms with van der Waals surface area (Å²) in [6, 6.07) is 0. The molecule has 1 rings (SSSR count). The van der Waals surface area contributed by atoms with E-state index < -0.39 is 10.5 Å². The van der Waals surface area contributed by atoms with Crippen LogP contribution in [0.5, 0.6) is 0 Å². The van der Waals surface area contributed by atoms with Crippen molar-refractivity contribution in [3.63, 3.8) is 0 Å². The minimum Gasteiger partial charge on any atom is -0.389 e. The summed E-state index contributed by atoms with van der Waals surface area (Å²) in [6.07, 6.45) is 0.895. The van der Waals surface area contributed by atoms with E-state index >= 15 is 0 Å². The lowest BCUT2D eigenvalue weighted by atomic mass is 10.1. The van der Waals surface area contributed by atoms with E-state index in [1.807, 2.05) is 6.92 Å². The second kappa shape index (κ2) is 6.47. The SMILES string of the molecule is CCCNc1nc(C)c([N+](=O)[O-])c(NCC(C)(C)O)n1.